The van der Waals surface area contributed by atoms with E-state index in [9.17, 15) is 14.0 Å². The summed E-state index contributed by atoms with van der Waals surface area (Å²) in [6.07, 6.45) is 0.701. The SMILES string of the molecule is CCC(C)C(=O)OCc1csc(N(C(C)=O)c2ccccc2F)n1. The van der Waals surface area contributed by atoms with Crippen molar-refractivity contribution in [2.24, 2.45) is 5.92 Å². The van der Waals surface area contributed by atoms with Gasteiger partial charge in [-0.2, -0.15) is 0 Å². The molecule has 2 aromatic rings. The highest BCUT2D eigenvalue weighted by Gasteiger charge is 2.21. The summed E-state index contributed by atoms with van der Waals surface area (Å²) in [5.74, 6) is -1.31. The number of nitrogens with zero attached hydrogens (tertiary/aromatic N) is 2. The van der Waals surface area contributed by atoms with E-state index >= 15 is 0 Å². The fourth-order valence-electron chi connectivity index (χ4n) is 1.96. The van der Waals surface area contributed by atoms with Gasteiger partial charge in [0.2, 0.25) is 5.91 Å². The molecule has 0 saturated carbocycles. The van der Waals surface area contributed by atoms with Gasteiger partial charge in [0.1, 0.15) is 12.4 Å². The maximum absolute atomic E-state index is 14.0. The number of benzene rings is 1. The Labute approximate surface area is 144 Å². The Balaban J connectivity index is 2.17. The van der Waals surface area contributed by atoms with Crippen molar-refractivity contribution in [1.29, 1.82) is 0 Å². The Kier molecular flexibility index (Phi) is 6.03. The normalized spacial score (nSPS) is 11.8. The second-order valence-corrected chi connectivity index (χ2v) is 6.18. The number of thiazole rings is 1. The lowest BCUT2D eigenvalue weighted by atomic mass is 10.1. The van der Waals surface area contributed by atoms with Gasteiger partial charge in [-0.1, -0.05) is 26.0 Å². The lowest BCUT2D eigenvalue weighted by Crippen LogP contribution is -2.23. The summed E-state index contributed by atoms with van der Waals surface area (Å²) in [6.45, 7) is 5.08. The highest BCUT2D eigenvalue weighted by Crippen LogP contribution is 2.30. The third kappa shape index (κ3) is 4.17. The van der Waals surface area contributed by atoms with Crippen LogP contribution in [0.15, 0.2) is 29.6 Å². The highest BCUT2D eigenvalue weighted by molar-refractivity contribution is 7.14. The number of para-hydroxylation sites is 1. The van der Waals surface area contributed by atoms with E-state index in [-0.39, 0.29) is 30.1 Å². The molecule has 0 spiro atoms. The van der Waals surface area contributed by atoms with Crippen molar-refractivity contribution in [3.8, 4) is 0 Å². The number of anilines is 2. The topological polar surface area (TPSA) is 59.5 Å². The van der Waals surface area contributed by atoms with Gasteiger partial charge in [-0.05, 0) is 18.6 Å². The Morgan fingerprint density at radius 3 is 2.71 bits per heavy atom. The zero-order valence-corrected chi connectivity index (χ0v) is 14.6. The predicted octanol–water partition coefficient (Wildman–Crippen LogP) is 4.06. The third-order valence-electron chi connectivity index (χ3n) is 3.52. The minimum Gasteiger partial charge on any atom is -0.459 e. The molecule has 0 aliphatic carbocycles. The van der Waals surface area contributed by atoms with E-state index < -0.39 is 5.82 Å². The van der Waals surface area contributed by atoms with Crippen LogP contribution in [-0.2, 0) is 20.9 Å². The summed E-state index contributed by atoms with van der Waals surface area (Å²) in [7, 11) is 0. The molecule has 1 atom stereocenters. The first-order chi connectivity index (χ1) is 11.4. The van der Waals surface area contributed by atoms with Gasteiger partial charge in [-0.15, -0.1) is 11.3 Å². The van der Waals surface area contributed by atoms with Crippen molar-refractivity contribution in [3.05, 3.63) is 41.2 Å². The summed E-state index contributed by atoms with van der Waals surface area (Å²) >= 11 is 1.19. The summed E-state index contributed by atoms with van der Waals surface area (Å²) in [4.78, 5) is 29.1. The van der Waals surface area contributed by atoms with E-state index in [0.717, 1.165) is 0 Å². The van der Waals surface area contributed by atoms with Gasteiger partial charge in [0.15, 0.2) is 5.13 Å². The van der Waals surface area contributed by atoms with Crippen molar-refractivity contribution in [2.45, 2.75) is 33.8 Å². The Bertz CT molecular complexity index is 732. The van der Waals surface area contributed by atoms with Crippen LogP contribution >= 0.6 is 11.3 Å². The molecule has 24 heavy (non-hydrogen) atoms. The average molecular weight is 350 g/mol. The number of halogens is 1. The molecule has 0 saturated heterocycles. The van der Waals surface area contributed by atoms with E-state index in [2.05, 4.69) is 4.98 Å². The minimum absolute atomic E-state index is 0.0304. The molecule has 0 radical (unpaired) electrons. The zero-order valence-electron chi connectivity index (χ0n) is 13.8. The van der Waals surface area contributed by atoms with Crippen molar-refractivity contribution in [1.82, 2.24) is 4.98 Å². The van der Waals surface area contributed by atoms with Crippen LogP contribution in [-0.4, -0.2) is 16.9 Å². The van der Waals surface area contributed by atoms with Crippen LogP contribution in [0.2, 0.25) is 0 Å². The summed E-state index contributed by atoms with van der Waals surface area (Å²) in [6, 6.07) is 6.00. The number of hydrogen-bond acceptors (Lipinski definition) is 5. The molecule has 7 heteroatoms. The number of aromatic nitrogens is 1. The van der Waals surface area contributed by atoms with E-state index in [1.807, 2.05) is 6.92 Å². The standard InChI is InChI=1S/C17H19FN2O3S/c1-4-11(2)16(22)23-9-13-10-24-17(19-13)20(12(3)21)15-8-6-5-7-14(15)18/h5-8,10-11H,4,9H2,1-3H3. The minimum atomic E-state index is -0.507. The van der Waals surface area contributed by atoms with E-state index in [0.29, 0.717) is 17.2 Å². The highest BCUT2D eigenvalue weighted by atomic mass is 32.1. The van der Waals surface area contributed by atoms with Gasteiger partial charge in [-0.3, -0.25) is 14.5 Å². The van der Waals surface area contributed by atoms with Crippen LogP contribution in [0.4, 0.5) is 15.2 Å². The summed E-state index contributed by atoms with van der Waals surface area (Å²) in [5.41, 5.74) is 0.664. The molecule has 128 valence electrons. The maximum atomic E-state index is 14.0. The fourth-order valence-corrected chi connectivity index (χ4v) is 2.82. The third-order valence-corrected chi connectivity index (χ3v) is 4.39. The van der Waals surface area contributed by atoms with Crippen molar-refractivity contribution >= 4 is 34.0 Å². The second-order valence-electron chi connectivity index (χ2n) is 5.34. The molecule has 0 aliphatic rings. The molecular weight excluding hydrogens is 331 g/mol. The maximum Gasteiger partial charge on any atom is 0.309 e. The number of rotatable bonds is 6. The zero-order chi connectivity index (χ0) is 17.7. The summed E-state index contributed by atoms with van der Waals surface area (Å²) in [5, 5.41) is 2.03. The van der Waals surface area contributed by atoms with Gasteiger partial charge in [-0.25, -0.2) is 9.37 Å². The second kappa shape index (κ2) is 8.01. The van der Waals surface area contributed by atoms with Crippen LogP contribution in [0, 0.1) is 11.7 Å². The number of carbonyl (C=O) groups is 2. The van der Waals surface area contributed by atoms with Gasteiger partial charge >= 0.3 is 5.97 Å². The molecule has 1 unspecified atom stereocenters. The molecule has 1 heterocycles. The monoisotopic (exact) mass is 350 g/mol. The van der Waals surface area contributed by atoms with Crippen molar-refractivity contribution < 1.29 is 18.7 Å². The van der Waals surface area contributed by atoms with Crippen molar-refractivity contribution in [2.75, 3.05) is 4.90 Å². The number of amides is 1. The largest absolute Gasteiger partial charge is 0.459 e. The molecule has 0 bridgehead atoms. The van der Waals surface area contributed by atoms with Gasteiger partial charge in [0.25, 0.3) is 0 Å². The molecule has 1 aromatic carbocycles. The smallest absolute Gasteiger partial charge is 0.309 e. The van der Waals surface area contributed by atoms with Gasteiger partial charge in [0.05, 0.1) is 17.3 Å². The molecule has 2 rings (SSSR count). The quantitative estimate of drug-likeness (QED) is 0.737. The van der Waals surface area contributed by atoms with Crippen LogP contribution < -0.4 is 4.90 Å². The predicted molar refractivity (Wildman–Crippen MR) is 90.6 cm³/mol. The lowest BCUT2D eigenvalue weighted by Gasteiger charge is -2.18. The number of esters is 1. The Morgan fingerprint density at radius 2 is 2.08 bits per heavy atom. The van der Waals surface area contributed by atoms with Crippen LogP contribution in [0.25, 0.3) is 0 Å². The van der Waals surface area contributed by atoms with Crippen LogP contribution in [0.5, 0.6) is 0 Å². The number of carbonyl (C=O) groups excluding carboxylic acids is 2. The molecule has 1 aromatic heterocycles. The van der Waals surface area contributed by atoms with Gasteiger partial charge < -0.3 is 4.74 Å². The van der Waals surface area contributed by atoms with Crippen LogP contribution in [0.1, 0.15) is 32.9 Å². The lowest BCUT2D eigenvalue weighted by molar-refractivity contribution is -0.149. The molecule has 1 amide bonds. The Hall–Kier alpha value is -2.28. The fraction of sp³-hybridized carbons (Fsp3) is 0.353. The van der Waals surface area contributed by atoms with Crippen LogP contribution in [0.3, 0.4) is 0 Å². The number of hydrogen-bond donors (Lipinski definition) is 0. The summed E-state index contributed by atoms with van der Waals surface area (Å²) < 4.78 is 19.2. The van der Waals surface area contributed by atoms with Crippen molar-refractivity contribution in [3.63, 3.8) is 0 Å². The first-order valence-corrected chi connectivity index (χ1v) is 8.48. The number of ether oxygens (including phenoxy) is 1. The van der Waals surface area contributed by atoms with E-state index in [4.69, 9.17) is 4.74 Å². The molecule has 5 nitrogen and oxygen atoms in total. The first kappa shape index (κ1) is 18.1. The molecule has 0 fully saturated rings. The average Bonchev–Trinajstić information content (AvgIpc) is 3.02. The molecule has 0 N–H and O–H groups in total. The van der Waals surface area contributed by atoms with E-state index in [1.165, 1.54) is 35.3 Å². The molecular formula is C17H19FN2O3S. The molecule has 0 aliphatic heterocycles. The first-order valence-electron chi connectivity index (χ1n) is 7.60. The van der Waals surface area contributed by atoms with E-state index in [1.54, 1.807) is 24.4 Å². The Morgan fingerprint density at radius 1 is 1.38 bits per heavy atom. The van der Waals surface area contributed by atoms with Gasteiger partial charge in [0, 0.05) is 12.3 Å².